The summed E-state index contributed by atoms with van der Waals surface area (Å²) < 4.78 is 14.4. The smallest absolute Gasteiger partial charge is 0.143 e. The first-order chi connectivity index (χ1) is 25.8. The van der Waals surface area contributed by atoms with E-state index in [2.05, 4.69) is 179 Å². The Hall–Kier alpha value is -6.62. The molecule has 4 heteroatoms. The van der Waals surface area contributed by atoms with Crippen molar-refractivity contribution in [1.82, 2.24) is 9.13 Å². The fraction of sp³-hybridized carbons (Fsp3) is 0. The lowest BCUT2D eigenvalue weighted by molar-refractivity contribution is 0.670. The van der Waals surface area contributed by atoms with Crippen LogP contribution in [0.3, 0.4) is 0 Å². The highest BCUT2D eigenvalue weighted by Gasteiger charge is 2.22. The SMILES string of the molecule is c1ccc(-n2c3ccccc3c3c2ccc2c4ccccc4n(-c4ccc5c(c4)oc4c(-c6cccc7c6sc6ccccc67)cccc45)c23)cc1. The third-order valence-electron chi connectivity index (χ3n) is 10.9. The van der Waals surface area contributed by atoms with E-state index in [1.54, 1.807) is 0 Å². The van der Waals surface area contributed by atoms with E-state index in [1.165, 1.54) is 69.3 Å². The van der Waals surface area contributed by atoms with Crippen LogP contribution in [0.15, 0.2) is 174 Å². The summed E-state index contributed by atoms with van der Waals surface area (Å²) in [4.78, 5) is 0. The van der Waals surface area contributed by atoms with E-state index >= 15 is 0 Å². The van der Waals surface area contributed by atoms with Gasteiger partial charge in [0.25, 0.3) is 0 Å². The second-order valence-corrected chi connectivity index (χ2v) is 14.7. The molecular weight excluding hydrogens is 653 g/mol. The third kappa shape index (κ3) is 3.74. The number of para-hydroxylation sites is 4. The molecule has 0 aliphatic carbocycles. The number of furan rings is 1. The number of aromatic nitrogens is 2. The maximum atomic E-state index is 6.93. The first-order valence-corrected chi connectivity index (χ1v) is 18.5. The Kier molecular flexibility index (Phi) is 5.65. The van der Waals surface area contributed by atoms with E-state index in [9.17, 15) is 0 Å². The first-order valence-electron chi connectivity index (χ1n) is 17.7. The maximum absolute atomic E-state index is 6.93. The lowest BCUT2D eigenvalue weighted by Gasteiger charge is -2.10. The maximum Gasteiger partial charge on any atom is 0.143 e. The molecule has 0 unspecified atom stereocenters. The summed E-state index contributed by atoms with van der Waals surface area (Å²) >= 11 is 1.86. The molecule has 4 heterocycles. The summed E-state index contributed by atoms with van der Waals surface area (Å²) in [7, 11) is 0. The molecule has 0 bridgehead atoms. The summed E-state index contributed by atoms with van der Waals surface area (Å²) in [6.45, 7) is 0. The standard InChI is InChI=1S/C48H28N2OS/c1-2-12-29(13-3-1)49-41-22-8-5-16-39(41)45-42(49)27-26-34-31-14-4-7-21-40(31)50(46(34)45)30-24-25-32-35-17-10-18-36(47(35)51-43(32)28-30)38-20-11-19-37-33-15-6-9-23-44(33)52-48(37)38/h1-28H. The van der Waals surface area contributed by atoms with Gasteiger partial charge in [-0.1, -0.05) is 115 Å². The van der Waals surface area contributed by atoms with E-state index in [4.69, 9.17) is 4.42 Å². The Morgan fingerprint density at radius 2 is 1.08 bits per heavy atom. The second-order valence-electron chi connectivity index (χ2n) is 13.6. The van der Waals surface area contributed by atoms with Crippen molar-refractivity contribution < 1.29 is 4.42 Å². The molecule has 52 heavy (non-hydrogen) atoms. The Labute approximate surface area is 301 Å². The summed E-state index contributed by atoms with van der Waals surface area (Å²) in [6, 6.07) is 61.5. The van der Waals surface area contributed by atoms with E-state index < -0.39 is 0 Å². The summed E-state index contributed by atoms with van der Waals surface area (Å²) in [5.74, 6) is 0. The predicted molar refractivity (Wildman–Crippen MR) is 221 cm³/mol. The Morgan fingerprint density at radius 3 is 1.94 bits per heavy atom. The van der Waals surface area contributed by atoms with Crippen molar-refractivity contribution in [1.29, 1.82) is 0 Å². The Bertz CT molecular complexity index is 3410. The van der Waals surface area contributed by atoms with Gasteiger partial charge in [-0.25, -0.2) is 0 Å². The molecule has 0 radical (unpaired) electrons. The molecule has 12 rings (SSSR count). The number of nitrogens with zero attached hydrogens (tertiary/aromatic N) is 2. The number of fused-ring (bicyclic) bond motifs is 13. The van der Waals surface area contributed by atoms with E-state index in [0.717, 1.165) is 38.9 Å². The first kappa shape index (κ1) is 28.1. The zero-order chi connectivity index (χ0) is 33.9. The van der Waals surface area contributed by atoms with Crippen LogP contribution in [0.5, 0.6) is 0 Å². The highest BCUT2D eigenvalue weighted by atomic mass is 32.1. The molecule has 0 aliphatic heterocycles. The van der Waals surface area contributed by atoms with Crippen LogP contribution in [-0.4, -0.2) is 9.13 Å². The minimum Gasteiger partial charge on any atom is -0.455 e. The van der Waals surface area contributed by atoms with Gasteiger partial charge in [-0.3, -0.25) is 0 Å². The van der Waals surface area contributed by atoms with Gasteiger partial charge in [-0.2, -0.15) is 0 Å². The second kappa shape index (κ2) is 10.5. The van der Waals surface area contributed by atoms with Gasteiger partial charge >= 0.3 is 0 Å². The molecule has 242 valence electrons. The monoisotopic (exact) mass is 680 g/mol. The van der Waals surface area contributed by atoms with Crippen LogP contribution in [0.25, 0.3) is 108 Å². The zero-order valence-corrected chi connectivity index (χ0v) is 28.7. The third-order valence-corrected chi connectivity index (χ3v) is 12.1. The molecule has 3 nitrogen and oxygen atoms in total. The number of hydrogen-bond acceptors (Lipinski definition) is 2. The summed E-state index contributed by atoms with van der Waals surface area (Å²) in [6.07, 6.45) is 0. The van der Waals surface area contributed by atoms with Crippen molar-refractivity contribution >= 4 is 97.1 Å². The molecule has 0 saturated carbocycles. The van der Waals surface area contributed by atoms with Crippen LogP contribution in [0, 0.1) is 0 Å². The average Bonchev–Trinajstić information content (AvgIpc) is 3.95. The summed E-state index contributed by atoms with van der Waals surface area (Å²) in [5, 5.41) is 9.81. The highest BCUT2D eigenvalue weighted by Crippen LogP contribution is 2.45. The van der Waals surface area contributed by atoms with Crippen LogP contribution in [0.4, 0.5) is 0 Å². The minimum atomic E-state index is 0.883. The van der Waals surface area contributed by atoms with Gasteiger partial charge in [-0.15, -0.1) is 11.3 Å². The topological polar surface area (TPSA) is 23.0 Å². The number of thiophene rings is 1. The van der Waals surface area contributed by atoms with Crippen molar-refractivity contribution in [3.05, 3.63) is 170 Å². The largest absolute Gasteiger partial charge is 0.455 e. The van der Waals surface area contributed by atoms with Crippen LogP contribution >= 0.6 is 11.3 Å². The molecule has 0 atom stereocenters. The van der Waals surface area contributed by atoms with Gasteiger partial charge in [0, 0.05) is 81.1 Å². The van der Waals surface area contributed by atoms with Gasteiger partial charge in [-0.05, 0) is 48.5 Å². The molecular formula is C48H28N2OS. The summed E-state index contributed by atoms with van der Waals surface area (Å²) in [5.41, 5.74) is 11.1. The predicted octanol–water partition coefficient (Wildman–Crippen LogP) is 13.8. The van der Waals surface area contributed by atoms with Gasteiger partial charge < -0.3 is 13.6 Å². The van der Waals surface area contributed by atoms with Gasteiger partial charge in [0.1, 0.15) is 11.2 Å². The lowest BCUT2D eigenvalue weighted by atomic mass is 10.0. The van der Waals surface area contributed by atoms with Gasteiger partial charge in [0.05, 0.1) is 22.1 Å². The highest BCUT2D eigenvalue weighted by molar-refractivity contribution is 7.26. The average molecular weight is 681 g/mol. The number of rotatable bonds is 3. The number of hydrogen-bond donors (Lipinski definition) is 0. The van der Waals surface area contributed by atoms with Crippen LogP contribution in [0.2, 0.25) is 0 Å². The van der Waals surface area contributed by atoms with Crippen molar-refractivity contribution in [3.63, 3.8) is 0 Å². The van der Waals surface area contributed by atoms with E-state index in [-0.39, 0.29) is 0 Å². The van der Waals surface area contributed by atoms with Gasteiger partial charge in [0.15, 0.2) is 0 Å². The molecule has 0 spiro atoms. The Balaban J connectivity index is 1.14. The zero-order valence-electron chi connectivity index (χ0n) is 27.9. The molecule has 12 aromatic rings. The molecule has 0 saturated heterocycles. The van der Waals surface area contributed by atoms with Crippen molar-refractivity contribution in [2.75, 3.05) is 0 Å². The van der Waals surface area contributed by atoms with Crippen molar-refractivity contribution in [3.8, 4) is 22.5 Å². The molecule has 4 aromatic heterocycles. The minimum absolute atomic E-state index is 0.883. The van der Waals surface area contributed by atoms with Crippen LogP contribution < -0.4 is 0 Å². The van der Waals surface area contributed by atoms with Gasteiger partial charge in [0.2, 0.25) is 0 Å². The normalized spacial score (nSPS) is 12.2. The van der Waals surface area contributed by atoms with E-state index in [1.807, 2.05) is 11.3 Å². The van der Waals surface area contributed by atoms with Crippen molar-refractivity contribution in [2.24, 2.45) is 0 Å². The lowest BCUT2D eigenvalue weighted by Crippen LogP contribution is -1.95. The van der Waals surface area contributed by atoms with Crippen LogP contribution in [0.1, 0.15) is 0 Å². The van der Waals surface area contributed by atoms with Crippen LogP contribution in [-0.2, 0) is 0 Å². The number of benzene rings is 8. The molecule has 8 aromatic carbocycles. The molecule has 0 N–H and O–H groups in total. The van der Waals surface area contributed by atoms with E-state index in [0.29, 0.717) is 0 Å². The molecule has 0 aliphatic rings. The van der Waals surface area contributed by atoms with Crippen molar-refractivity contribution in [2.45, 2.75) is 0 Å². The fourth-order valence-corrected chi connectivity index (χ4v) is 9.96. The Morgan fingerprint density at radius 1 is 0.404 bits per heavy atom. The molecule has 0 fully saturated rings. The molecule has 0 amide bonds. The quantitative estimate of drug-likeness (QED) is 0.182. The fourth-order valence-electron chi connectivity index (χ4n) is 8.73.